The summed E-state index contributed by atoms with van der Waals surface area (Å²) in [5.74, 6) is -0.744. The number of ether oxygens (including phenoxy) is 2. The van der Waals surface area contributed by atoms with Gasteiger partial charge in [-0.3, -0.25) is 4.79 Å². The molecule has 0 bridgehead atoms. The molecule has 1 aliphatic heterocycles. The van der Waals surface area contributed by atoms with Crippen molar-refractivity contribution in [2.75, 3.05) is 19.8 Å². The van der Waals surface area contributed by atoms with E-state index in [4.69, 9.17) is 14.6 Å². The maximum Gasteiger partial charge on any atom is 0.303 e. The van der Waals surface area contributed by atoms with E-state index in [2.05, 4.69) is 0 Å². The fourth-order valence-corrected chi connectivity index (χ4v) is 1.18. The molecular formula is C8H14O4. The lowest BCUT2D eigenvalue weighted by atomic mass is 10.1. The van der Waals surface area contributed by atoms with Gasteiger partial charge in [-0.2, -0.15) is 0 Å². The van der Waals surface area contributed by atoms with Gasteiger partial charge in [-0.25, -0.2) is 0 Å². The lowest BCUT2D eigenvalue weighted by molar-refractivity contribution is -0.137. The van der Waals surface area contributed by atoms with Gasteiger partial charge in [0.05, 0.1) is 25.9 Å². The van der Waals surface area contributed by atoms with Gasteiger partial charge in [0.15, 0.2) is 0 Å². The van der Waals surface area contributed by atoms with Crippen LogP contribution in [0.1, 0.15) is 19.3 Å². The summed E-state index contributed by atoms with van der Waals surface area (Å²) < 4.78 is 10.5. The molecule has 0 aliphatic carbocycles. The summed E-state index contributed by atoms with van der Waals surface area (Å²) in [7, 11) is 0. The summed E-state index contributed by atoms with van der Waals surface area (Å²) in [6.07, 6.45) is 1.79. The van der Waals surface area contributed by atoms with Crippen molar-refractivity contribution >= 4 is 5.97 Å². The largest absolute Gasteiger partial charge is 0.481 e. The molecule has 1 fully saturated rings. The van der Waals surface area contributed by atoms with Gasteiger partial charge in [-0.1, -0.05) is 0 Å². The molecule has 1 aliphatic rings. The highest BCUT2D eigenvalue weighted by Crippen LogP contribution is 2.08. The molecular weight excluding hydrogens is 160 g/mol. The van der Waals surface area contributed by atoms with E-state index < -0.39 is 5.97 Å². The molecule has 1 rings (SSSR count). The van der Waals surface area contributed by atoms with Gasteiger partial charge in [0.2, 0.25) is 0 Å². The van der Waals surface area contributed by atoms with Crippen molar-refractivity contribution in [2.45, 2.75) is 25.4 Å². The molecule has 4 nitrogen and oxygen atoms in total. The van der Waals surface area contributed by atoms with Gasteiger partial charge in [0, 0.05) is 6.42 Å². The average molecular weight is 174 g/mol. The Balaban J connectivity index is 2.01. The molecule has 12 heavy (non-hydrogen) atoms. The highest BCUT2D eigenvalue weighted by atomic mass is 16.6. The van der Waals surface area contributed by atoms with Crippen molar-refractivity contribution < 1.29 is 19.4 Å². The minimum atomic E-state index is -0.744. The second-order valence-electron chi connectivity index (χ2n) is 2.85. The highest BCUT2D eigenvalue weighted by Gasteiger charge is 2.13. The summed E-state index contributed by atoms with van der Waals surface area (Å²) in [4.78, 5) is 10.2. The molecule has 0 aromatic carbocycles. The standard InChI is InChI=1S/C8H14O4/c9-8(10)3-1-2-7-6-11-4-5-12-7/h7H,1-6H2,(H,9,10). The monoisotopic (exact) mass is 174 g/mol. The predicted molar refractivity (Wildman–Crippen MR) is 42.0 cm³/mol. The van der Waals surface area contributed by atoms with Gasteiger partial charge < -0.3 is 14.6 Å². The third-order valence-corrected chi connectivity index (χ3v) is 1.80. The number of hydrogen-bond donors (Lipinski definition) is 1. The quantitative estimate of drug-likeness (QED) is 0.680. The zero-order valence-corrected chi connectivity index (χ0v) is 6.99. The molecule has 1 heterocycles. The first kappa shape index (κ1) is 9.48. The van der Waals surface area contributed by atoms with Crippen LogP contribution in [0.5, 0.6) is 0 Å². The molecule has 1 saturated heterocycles. The van der Waals surface area contributed by atoms with Crippen LogP contribution in [0.3, 0.4) is 0 Å². The summed E-state index contributed by atoms with van der Waals surface area (Å²) in [6.45, 7) is 1.91. The van der Waals surface area contributed by atoms with Gasteiger partial charge in [0.25, 0.3) is 0 Å². The number of carboxylic acids is 1. The van der Waals surface area contributed by atoms with E-state index in [9.17, 15) is 4.79 Å². The first-order valence-electron chi connectivity index (χ1n) is 4.20. The van der Waals surface area contributed by atoms with Gasteiger partial charge in [-0.05, 0) is 12.8 Å². The number of hydrogen-bond acceptors (Lipinski definition) is 3. The van der Waals surface area contributed by atoms with Crippen LogP contribution in [-0.4, -0.2) is 37.0 Å². The van der Waals surface area contributed by atoms with Crippen LogP contribution in [0.25, 0.3) is 0 Å². The van der Waals surface area contributed by atoms with Crippen LogP contribution in [0.4, 0.5) is 0 Å². The lowest BCUT2D eigenvalue weighted by Gasteiger charge is -2.22. The number of carboxylic acid groups (broad SMARTS) is 1. The van der Waals surface area contributed by atoms with Crippen LogP contribution in [0.2, 0.25) is 0 Å². The number of rotatable bonds is 4. The third-order valence-electron chi connectivity index (χ3n) is 1.80. The van der Waals surface area contributed by atoms with E-state index in [0.717, 1.165) is 6.42 Å². The van der Waals surface area contributed by atoms with E-state index >= 15 is 0 Å². The van der Waals surface area contributed by atoms with Crippen molar-refractivity contribution in [1.82, 2.24) is 0 Å². The third kappa shape index (κ3) is 3.69. The fourth-order valence-electron chi connectivity index (χ4n) is 1.18. The summed E-state index contributed by atoms with van der Waals surface area (Å²) in [6, 6.07) is 0. The van der Waals surface area contributed by atoms with Crippen LogP contribution in [0.15, 0.2) is 0 Å². The van der Waals surface area contributed by atoms with Crippen molar-refractivity contribution in [1.29, 1.82) is 0 Å². The van der Waals surface area contributed by atoms with E-state index in [1.54, 1.807) is 0 Å². The lowest BCUT2D eigenvalue weighted by Crippen LogP contribution is -2.28. The van der Waals surface area contributed by atoms with Crippen molar-refractivity contribution in [3.8, 4) is 0 Å². The Labute approximate surface area is 71.5 Å². The van der Waals surface area contributed by atoms with Crippen molar-refractivity contribution in [2.24, 2.45) is 0 Å². The van der Waals surface area contributed by atoms with E-state index in [1.165, 1.54) is 0 Å². The van der Waals surface area contributed by atoms with Gasteiger partial charge in [0.1, 0.15) is 0 Å². The predicted octanol–water partition coefficient (Wildman–Crippen LogP) is 0.657. The Morgan fingerprint density at radius 3 is 2.92 bits per heavy atom. The highest BCUT2D eigenvalue weighted by molar-refractivity contribution is 5.66. The molecule has 0 saturated carbocycles. The van der Waals surface area contributed by atoms with E-state index in [1.807, 2.05) is 0 Å². The molecule has 0 aromatic rings. The normalized spacial score (nSPS) is 23.8. The Kier molecular flexibility index (Phi) is 4.04. The molecule has 4 heteroatoms. The number of carbonyl (C=O) groups is 1. The molecule has 1 unspecified atom stereocenters. The Hall–Kier alpha value is -0.610. The molecule has 0 spiro atoms. The SMILES string of the molecule is O=C(O)CCCC1COCCO1. The van der Waals surface area contributed by atoms with Crippen LogP contribution in [-0.2, 0) is 14.3 Å². The first-order chi connectivity index (χ1) is 5.79. The summed E-state index contributed by atoms with van der Waals surface area (Å²) >= 11 is 0. The second kappa shape index (κ2) is 5.11. The second-order valence-corrected chi connectivity index (χ2v) is 2.85. The Morgan fingerprint density at radius 2 is 2.33 bits per heavy atom. The van der Waals surface area contributed by atoms with Crippen molar-refractivity contribution in [3.63, 3.8) is 0 Å². The first-order valence-corrected chi connectivity index (χ1v) is 4.20. The van der Waals surface area contributed by atoms with Gasteiger partial charge >= 0.3 is 5.97 Å². The van der Waals surface area contributed by atoms with E-state index in [0.29, 0.717) is 26.2 Å². The smallest absolute Gasteiger partial charge is 0.303 e. The average Bonchev–Trinajstić information content (AvgIpc) is 2.05. The number of aliphatic carboxylic acids is 1. The summed E-state index contributed by atoms with van der Waals surface area (Å²) in [5, 5.41) is 8.37. The molecule has 0 amide bonds. The van der Waals surface area contributed by atoms with Crippen LogP contribution < -0.4 is 0 Å². The minimum Gasteiger partial charge on any atom is -0.481 e. The molecule has 0 radical (unpaired) electrons. The molecule has 70 valence electrons. The Bertz CT molecular complexity index is 140. The minimum absolute atomic E-state index is 0.109. The molecule has 0 aromatic heterocycles. The maximum atomic E-state index is 10.2. The topological polar surface area (TPSA) is 55.8 Å². The fraction of sp³-hybridized carbons (Fsp3) is 0.875. The molecule has 1 N–H and O–H groups in total. The summed E-state index contributed by atoms with van der Waals surface area (Å²) in [5.41, 5.74) is 0. The van der Waals surface area contributed by atoms with Crippen LogP contribution >= 0.6 is 0 Å². The maximum absolute atomic E-state index is 10.2. The van der Waals surface area contributed by atoms with Gasteiger partial charge in [-0.15, -0.1) is 0 Å². The van der Waals surface area contributed by atoms with Crippen molar-refractivity contribution in [3.05, 3.63) is 0 Å². The molecule has 1 atom stereocenters. The zero-order valence-electron chi connectivity index (χ0n) is 6.99. The Morgan fingerprint density at radius 1 is 1.50 bits per heavy atom. The zero-order chi connectivity index (χ0) is 8.81. The van der Waals surface area contributed by atoms with E-state index in [-0.39, 0.29) is 12.5 Å². The van der Waals surface area contributed by atoms with Crippen LogP contribution in [0, 0.1) is 0 Å².